The summed E-state index contributed by atoms with van der Waals surface area (Å²) in [6.07, 6.45) is 20.6. The van der Waals surface area contributed by atoms with Gasteiger partial charge in [0.1, 0.15) is 0 Å². The number of hydrogen-bond donors (Lipinski definition) is 1. The van der Waals surface area contributed by atoms with Crippen LogP contribution in [0.2, 0.25) is 0 Å². The summed E-state index contributed by atoms with van der Waals surface area (Å²) in [4.78, 5) is 0. The molecule has 0 bridgehead atoms. The van der Waals surface area contributed by atoms with Gasteiger partial charge in [-0.2, -0.15) is 0 Å². The van der Waals surface area contributed by atoms with Gasteiger partial charge in [-0.3, -0.25) is 0 Å². The van der Waals surface area contributed by atoms with E-state index in [9.17, 15) is 6.21 Å². The van der Waals surface area contributed by atoms with E-state index >= 15 is 0 Å². The molecule has 23 heavy (non-hydrogen) atoms. The summed E-state index contributed by atoms with van der Waals surface area (Å²) < 4.78 is 33.7. The first kappa shape index (κ1) is 23.3. The molecule has 0 aliphatic carbocycles. The van der Waals surface area contributed by atoms with Crippen molar-refractivity contribution >= 4 is 19.0 Å². The molecule has 0 spiro atoms. The maximum absolute atomic E-state index is 10.4. The van der Waals surface area contributed by atoms with Crippen molar-refractivity contribution in [3.8, 4) is 0 Å². The Kier molecular flexibility index (Phi) is 17.4. The molecule has 0 aromatic heterocycles. The van der Waals surface area contributed by atoms with Crippen molar-refractivity contribution in [2.24, 2.45) is 0 Å². The molecular weight excluding hydrogens is 408 g/mol. The molecule has 0 aliphatic rings. The van der Waals surface area contributed by atoms with Gasteiger partial charge < -0.3 is 0 Å². The van der Waals surface area contributed by atoms with Crippen molar-refractivity contribution < 1.29 is 12.8 Å². The van der Waals surface area contributed by atoms with Crippen LogP contribution in [-0.2, 0) is 9.31 Å². The van der Waals surface area contributed by atoms with Crippen LogP contribution in [0.1, 0.15) is 110 Å². The molecule has 5 heteroatoms. The summed E-state index contributed by atoms with van der Waals surface area (Å²) >= 11 is -5.25. The van der Waals surface area contributed by atoms with Crippen molar-refractivity contribution in [2.75, 3.05) is 6.61 Å². The van der Waals surface area contributed by atoms with Crippen molar-refractivity contribution in [1.82, 2.24) is 0 Å². The molecule has 0 fully saturated rings. The van der Waals surface area contributed by atoms with Crippen LogP contribution in [-0.4, -0.2) is 29.0 Å². The van der Waals surface area contributed by atoms with Crippen LogP contribution in [0.4, 0.5) is 0 Å². The third kappa shape index (κ3) is 22.3. The van der Waals surface area contributed by atoms with Gasteiger partial charge in [-0.1, -0.05) is 45.4 Å². The van der Waals surface area contributed by atoms with Gasteiger partial charge in [0.25, 0.3) is 0 Å². The fourth-order valence-corrected chi connectivity index (χ4v) is 3.75. The van der Waals surface area contributed by atoms with Gasteiger partial charge in [0.05, 0.1) is 0 Å². The predicted molar refractivity (Wildman–Crippen MR) is 94.8 cm³/mol. The third-order valence-corrected chi connectivity index (χ3v) is 5.56. The van der Waals surface area contributed by atoms with E-state index in [1.54, 1.807) is 0 Å². The SMILES string of the molecule is CCCCCCCCCCCCCCCCCCO[Te](=O)(=O)O. The van der Waals surface area contributed by atoms with Crippen LogP contribution in [0.3, 0.4) is 0 Å². The maximum atomic E-state index is 10.4. The summed E-state index contributed by atoms with van der Waals surface area (Å²) in [6, 6.07) is 0. The molecule has 1 N–H and O–H groups in total. The normalized spacial score (nSPS) is 11.9. The van der Waals surface area contributed by atoms with Gasteiger partial charge in [-0.15, -0.1) is 0 Å². The van der Waals surface area contributed by atoms with Crippen molar-refractivity contribution in [3.63, 3.8) is 0 Å². The Morgan fingerprint density at radius 3 is 1.22 bits per heavy atom. The Morgan fingerprint density at radius 2 is 0.913 bits per heavy atom. The molecule has 0 unspecified atom stereocenters. The molecule has 0 aromatic carbocycles. The quantitative estimate of drug-likeness (QED) is 0.222. The molecule has 4 nitrogen and oxygen atoms in total. The molecule has 0 amide bonds. The van der Waals surface area contributed by atoms with Crippen molar-refractivity contribution in [3.05, 3.63) is 0 Å². The topological polar surface area (TPSA) is 63.6 Å². The first-order valence-corrected chi connectivity index (χ1v) is 13.6. The molecule has 0 rings (SSSR count). The minimum atomic E-state index is -5.25. The predicted octanol–water partition coefficient (Wildman–Crippen LogP) is 5.55. The Morgan fingerprint density at radius 1 is 0.609 bits per heavy atom. The van der Waals surface area contributed by atoms with Gasteiger partial charge in [0.15, 0.2) is 0 Å². The van der Waals surface area contributed by atoms with Gasteiger partial charge in [0, 0.05) is 0 Å². The summed E-state index contributed by atoms with van der Waals surface area (Å²) in [6.45, 7) is 2.41. The standard InChI is InChI=1S/C18H38O4Te/c1-2-3-4-5-6-7-8-9-10-11-12-13-14-15-16-17-18-22-23(19,20)21/h2-18H2,1H3,(H,19,20,21). The molecule has 0 saturated heterocycles. The molecule has 0 heterocycles. The molecule has 0 radical (unpaired) electrons. The number of unbranched alkanes of at least 4 members (excludes halogenated alkanes) is 15. The van der Waals surface area contributed by atoms with Gasteiger partial charge in [0.2, 0.25) is 0 Å². The van der Waals surface area contributed by atoms with Crippen LogP contribution in [0.5, 0.6) is 0 Å². The van der Waals surface area contributed by atoms with Crippen LogP contribution >= 0.6 is 0 Å². The molecule has 0 aliphatic heterocycles. The van der Waals surface area contributed by atoms with Crippen LogP contribution in [0.15, 0.2) is 0 Å². The van der Waals surface area contributed by atoms with Crippen LogP contribution in [0.25, 0.3) is 0 Å². The minimum absolute atomic E-state index is 0.142. The van der Waals surface area contributed by atoms with Gasteiger partial charge >= 0.3 is 103 Å². The van der Waals surface area contributed by atoms with Crippen molar-refractivity contribution in [1.29, 1.82) is 0 Å². The van der Waals surface area contributed by atoms with E-state index in [4.69, 9.17) is 3.47 Å². The summed E-state index contributed by atoms with van der Waals surface area (Å²) in [5, 5.41) is 0. The van der Waals surface area contributed by atoms with Crippen molar-refractivity contribution in [2.45, 2.75) is 110 Å². The average molecular weight is 446 g/mol. The first-order chi connectivity index (χ1) is 11.1. The fraction of sp³-hybridized carbons (Fsp3) is 1.00. The zero-order valence-corrected chi connectivity index (χ0v) is 17.4. The monoisotopic (exact) mass is 448 g/mol. The second-order valence-corrected chi connectivity index (χ2v) is 9.67. The zero-order chi connectivity index (χ0) is 17.2. The van der Waals surface area contributed by atoms with E-state index in [1.807, 2.05) is 0 Å². The van der Waals surface area contributed by atoms with E-state index in [1.165, 1.54) is 83.5 Å². The molecule has 0 aromatic rings. The number of hydrogen-bond acceptors (Lipinski definition) is 3. The molecular formula is C18H38O4Te. The Balaban J connectivity index is 3.03. The second-order valence-electron chi connectivity index (χ2n) is 6.55. The molecule has 0 atom stereocenters. The summed E-state index contributed by atoms with van der Waals surface area (Å²) in [5.74, 6) is 0. The van der Waals surface area contributed by atoms with E-state index in [0.29, 0.717) is 0 Å². The van der Waals surface area contributed by atoms with Gasteiger partial charge in [-0.05, 0) is 0 Å². The van der Waals surface area contributed by atoms with E-state index in [0.717, 1.165) is 19.3 Å². The summed E-state index contributed by atoms with van der Waals surface area (Å²) in [5.41, 5.74) is 0. The Hall–Kier alpha value is 0.310. The second kappa shape index (κ2) is 17.1. The van der Waals surface area contributed by atoms with E-state index in [2.05, 4.69) is 10.0 Å². The summed E-state index contributed by atoms with van der Waals surface area (Å²) in [7, 11) is 0. The first-order valence-electron chi connectivity index (χ1n) is 9.68. The fourth-order valence-electron chi connectivity index (χ4n) is 2.81. The van der Waals surface area contributed by atoms with Crippen LogP contribution < -0.4 is 0 Å². The van der Waals surface area contributed by atoms with Gasteiger partial charge in [-0.25, -0.2) is 0 Å². The van der Waals surface area contributed by atoms with Crippen LogP contribution in [0, 0.1) is 0 Å². The molecule has 0 saturated carbocycles. The third-order valence-electron chi connectivity index (χ3n) is 4.23. The van der Waals surface area contributed by atoms with E-state index < -0.39 is 19.0 Å². The Bertz CT molecular complexity index is 328. The zero-order valence-electron chi connectivity index (χ0n) is 15.1. The Labute approximate surface area is 148 Å². The molecule has 140 valence electrons. The average Bonchev–Trinajstić information content (AvgIpc) is 2.49. The van der Waals surface area contributed by atoms with E-state index in [-0.39, 0.29) is 6.61 Å². The number of rotatable bonds is 18.